The molecule has 4 heteroatoms. The molecule has 2 aromatic rings. The molecule has 0 saturated carbocycles. The Bertz CT molecular complexity index is 626. The highest BCUT2D eigenvalue weighted by molar-refractivity contribution is 5.40. The Labute approximate surface area is 125 Å². The minimum Gasteiger partial charge on any atom is -0.506 e. The third kappa shape index (κ3) is 3.40. The highest BCUT2D eigenvalue weighted by Crippen LogP contribution is 2.25. The summed E-state index contributed by atoms with van der Waals surface area (Å²) in [7, 11) is 0. The summed E-state index contributed by atoms with van der Waals surface area (Å²) in [6.07, 6.45) is 1.62. The number of rotatable bonds is 5. The van der Waals surface area contributed by atoms with Crippen LogP contribution >= 0.6 is 0 Å². The lowest BCUT2D eigenvalue weighted by Crippen LogP contribution is -2.20. The predicted octanol–water partition coefficient (Wildman–Crippen LogP) is 2.75. The van der Waals surface area contributed by atoms with Gasteiger partial charge in [-0.25, -0.2) is 0 Å². The Morgan fingerprint density at radius 3 is 2.62 bits per heavy atom. The minimum atomic E-state index is -0.128. The van der Waals surface area contributed by atoms with Gasteiger partial charge in [-0.1, -0.05) is 24.3 Å². The van der Waals surface area contributed by atoms with E-state index in [2.05, 4.69) is 36.3 Å². The number of hydrogen-bond donors (Lipinski definition) is 3. The number of hydrogen-bond acceptors (Lipinski definition) is 4. The summed E-state index contributed by atoms with van der Waals surface area (Å²) in [6, 6.07) is 8.38. The molecule has 0 saturated heterocycles. The number of nitrogens with one attached hydrogen (secondary N) is 1. The van der Waals surface area contributed by atoms with Crippen LogP contribution < -0.4 is 5.32 Å². The molecule has 3 N–H and O–H groups in total. The van der Waals surface area contributed by atoms with Crippen LogP contribution in [0.25, 0.3) is 0 Å². The molecule has 1 heterocycles. The van der Waals surface area contributed by atoms with E-state index < -0.39 is 0 Å². The first kappa shape index (κ1) is 15.5. The lowest BCUT2D eigenvalue weighted by molar-refractivity contribution is 0.278. The second-order valence-electron chi connectivity index (χ2n) is 5.31. The van der Waals surface area contributed by atoms with Gasteiger partial charge in [-0.05, 0) is 31.9 Å². The van der Waals surface area contributed by atoms with E-state index in [1.165, 1.54) is 11.1 Å². The first-order valence-electron chi connectivity index (χ1n) is 7.10. The van der Waals surface area contributed by atoms with E-state index in [4.69, 9.17) is 0 Å². The zero-order valence-electron chi connectivity index (χ0n) is 12.7. The van der Waals surface area contributed by atoms with Crippen molar-refractivity contribution >= 4 is 0 Å². The summed E-state index contributed by atoms with van der Waals surface area (Å²) < 4.78 is 0. The first-order valence-corrected chi connectivity index (χ1v) is 7.10. The van der Waals surface area contributed by atoms with Crippen molar-refractivity contribution in [3.8, 4) is 5.75 Å². The van der Waals surface area contributed by atoms with Crippen molar-refractivity contribution in [2.45, 2.75) is 40.0 Å². The van der Waals surface area contributed by atoms with Crippen molar-refractivity contribution in [2.75, 3.05) is 0 Å². The largest absolute Gasteiger partial charge is 0.506 e. The molecule has 0 aliphatic carbocycles. The van der Waals surface area contributed by atoms with Gasteiger partial charge in [-0.15, -0.1) is 0 Å². The Balaban J connectivity index is 2.17. The highest BCUT2D eigenvalue weighted by atomic mass is 16.3. The molecule has 4 nitrogen and oxygen atoms in total. The van der Waals surface area contributed by atoms with Gasteiger partial charge in [0.1, 0.15) is 5.75 Å². The van der Waals surface area contributed by atoms with Crippen LogP contribution in [-0.2, 0) is 13.2 Å². The van der Waals surface area contributed by atoms with Crippen LogP contribution in [0.4, 0.5) is 0 Å². The SMILES string of the molecule is Cc1ccccc1[C@H](C)NCc1c(CO)cnc(C)c1O. The van der Waals surface area contributed by atoms with Gasteiger partial charge in [-0.2, -0.15) is 0 Å². The smallest absolute Gasteiger partial charge is 0.141 e. The number of aromatic hydroxyl groups is 1. The molecule has 0 aliphatic rings. The molecule has 1 aromatic heterocycles. The fraction of sp³-hybridized carbons (Fsp3) is 0.353. The van der Waals surface area contributed by atoms with Crippen molar-refractivity contribution in [1.29, 1.82) is 0 Å². The Kier molecular flexibility index (Phi) is 4.94. The fourth-order valence-electron chi connectivity index (χ4n) is 2.46. The van der Waals surface area contributed by atoms with Gasteiger partial charge >= 0.3 is 0 Å². The molecule has 0 radical (unpaired) electrons. The van der Waals surface area contributed by atoms with Gasteiger partial charge in [0.15, 0.2) is 0 Å². The van der Waals surface area contributed by atoms with Gasteiger partial charge in [0.05, 0.1) is 12.3 Å². The molecule has 0 unspecified atom stereocenters. The van der Waals surface area contributed by atoms with E-state index >= 15 is 0 Å². The number of aromatic nitrogens is 1. The van der Waals surface area contributed by atoms with Gasteiger partial charge in [0.25, 0.3) is 0 Å². The van der Waals surface area contributed by atoms with Gasteiger partial charge in [-0.3, -0.25) is 4.98 Å². The number of pyridine rings is 1. The Hall–Kier alpha value is -1.91. The van der Waals surface area contributed by atoms with Crippen LogP contribution in [0.3, 0.4) is 0 Å². The topological polar surface area (TPSA) is 65.4 Å². The average Bonchev–Trinajstić information content (AvgIpc) is 2.49. The highest BCUT2D eigenvalue weighted by Gasteiger charge is 2.13. The molecule has 0 bridgehead atoms. The molecule has 1 atom stereocenters. The molecule has 1 aromatic carbocycles. The lowest BCUT2D eigenvalue weighted by Gasteiger charge is -2.18. The van der Waals surface area contributed by atoms with E-state index in [1.807, 2.05) is 12.1 Å². The zero-order chi connectivity index (χ0) is 15.4. The number of aryl methyl sites for hydroxylation is 2. The molecular formula is C17H22N2O2. The summed E-state index contributed by atoms with van der Waals surface area (Å²) >= 11 is 0. The molecular weight excluding hydrogens is 264 g/mol. The van der Waals surface area contributed by atoms with E-state index in [-0.39, 0.29) is 18.4 Å². The van der Waals surface area contributed by atoms with Gasteiger partial charge < -0.3 is 15.5 Å². The molecule has 0 aliphatic heterocycles. The zero-order valence-corrected chi connectivity index (χ0v) is 12.7. The number of nitrogens with zero attached hydrogens (tertiary/aromatic N) is 1. The van der Waals surface area contributed by atoms with Gasteiger partial charge in [0, 0.05) is 29.9 Å². The summed E-state index contributed by atoms with van der Waals surface area (Å²) in [4.78, 5) is 4.07. The van der Waals surface area contributed by atoms with Crippen molar-refractivity contribution < 1.29 is 10.2 Å². The maximum atomic E-state index is 10.1. The van der Waals surface area contributed by atoms with Crippen molar-refractivity contribution in [3.05, 3.63) is 58.4 Å². The lowest BCUT2D eigenvalue weighted by atomic mass is 10.0. The van der Waals surface area contributed by atoms with Crippen LogP contribution in [-0.4, -0.2) is 15.2 Å². The third-order valence-corrected chi connectivity index (χ3v) is 3.84. The Morgan fingerprint density at radius 2 is 1.95 bits per heavy atom. The molecule has 2 rings (SSSR count). The molecule has 21 heavy (non-hydrogen) atoms. The third-order valence-electron chi connectivity index (χ3n) is 3.84. The van der Waals surface area contributed by atoms with Crippen LogP contribution in [0.15, 0.2) is 30.5 Å². The average molecular weight is 286 g/mol. The normalized spacial score (nSPS) is 12.4. The fourth-order valence-corrected chi connectivity index (χ4v) is 2.46. The summed E-state index contributed by atoms with van der Waals surface area (Å²) in [6.45, 7) is 6.29. The second kappa shape index (κ2) is 6.70. The monoisotopic (exact) mass is 286 g/mol. The predicted molar refractivity (Wildman–Crippen MR) is 83.0 cm³/mol. The number of aliphatic hydroxyl groups is 1. The standard InChI is InChI=1S/C17H22N2O2/c1-11-6-4-5-7-15(11)12(2)19-9-16-14(10-20)8-18-13(3)17(16)21/h4-8,12,19-21H,9-10H2,1-3H3/t12-/m0/s1. The van der Waals surface area contributed by atoms with Crippen LogP contribution in [0, 0.1) is 13.8 Å². The summed E-state index contributed by atoms with van der Waals surface area (Å²) in [5.74, 6) is 0.158. The second-order valence-corrected chi connectivity index (χ2v) is 5.31. The van der Waals surface area contributed by atoms with Crippen molar-refractivity contribution in [2.24, 2.45) is 0 Å². The van der Waals surface area contributed by atoms with E-state index in [0.717, 1.165) is 0 Å². The number of aliphatic hydroxyl groups excluding tert-OH is 1. The van der Waals surface area contributed by atoms with Crippen molar-refractivity contribution in [3.63, 3.8) is 0 Å². The van der Waals surface area contributed by atoms with Crippen LogP contribution in [0.1, 0.15) is 40.9 Å². The molecule has 0 amide bonds. The van der Waals surface area contributed by atoms with Crippen molar-refractivity contribution in [1.82, 2.24) is 10.3 Å². The molecule has 0 spiro atoms. The Morgan fingerprint density at radius 1 is 1.24 bits per heavy atom. The van der Waals surface area contributed by atoms with Crippen LogP contribution in [0.2, 0.25) is 0 Å². The quantitative estimate of drug-likeness (QED) is 0.790. The number of benzene rings is 1. The minimum absolute atomic E-state index is 0.128. The van der Waals surface area contributed by atoms with E-state index in [1.54, 1.807) is 13.1 Å². The molecule has 112 valence electrons. The maximum absolute atomic E-state index is 10.1. The van der Waals surface area contributed by atoms with E-state index in [0.29, 0.717) is 23.4 Å². The van der Waals surface area contributed by atoms with Gasteiger partial charge in [0.2, 0.25) is 0 Å². The van der Waals surface area contributed by atoms with Crippen LogP contribution in [0.5, 0.6) is 5.75 Å². The maximum Gasteiger partial charge on any atom is 0.141 e. The van der Waals surface area contributed by atoms with E-state index in [9.17, 15) is 10.2 Å². The summed E-state index contributed by atoms with van der Waals surface area (Å²) in [5.41, 5.74) is 4.41. The summed E-state index contributed by atoms with van der Waals surface area (Å²) in [5, 5.41) is 22.9. The molecule has 0 fully saturated rings. The first-order chi connectivity index (χ1) is 10.0.